The second kappa shape index (κ2) is 15.6. The third-order valence-electron chi connectivity index (χ3n) is 8.27. The maximum Gasteiger partial charge on any atom is 0.121 e. The Balaban J connectivity index is 0.000000205. The van der Waals surface area contributed by atoms with Crippen molar-refractivity contribution >= 4 is 35.2 Å². The van der Waals surface area contributed by atoms with Crippen LogP contribution in [0.25, 0.3) is 55.6 Å². The van der Waals surface area contributed by atoms with Crippen LogP contribution in [0.2, 0.25) is 19.6 Å². The first kappa shape index (κ1) is 32.1. The number of nitrogens with zero attached hydrogens (tertiary/aromatic N) is 2. The average Bonchev–Trinajstić information content (AvgIpc) is 3.50. The molecular weight excluding hydrogens is 793 g/mol. The predicted octanol–water partition coefficient (Wildman–Crippen LogP) is 11.5. The molecule has 0 spiro atoms. The fraction of sp³-hybridized carbons (Fsp3) is 0.227. The van der Waals surface area contributed by atoms with E-state index in [-0.39, 0.29) is 26.0 Å². The van der Waals surface area contributed by atoms with Gasteiger partial charge < -0.3 is 14.4 Å². The standard InChI is InChI=1S/C26H20NO.C18H24NSi.Ir/c1-17(2)19-13-14-27-24(15-19)23-10-6-9-22-21-12-11-20(16-25(21)28-26(22)23)18-7-4-3-5-8-18;1-14(2)11-16-12-17(15-9-7-6-8-10-15)19-13-18(16)20(3,4)5;/h3-9,11-17H,1-2H3;6-9,12-14H,11H2,1-5H3;/q2*-1;/i17D;11D2;. The van der Waals surface area contributed by atoms with Gasteiger partial charge in [0.25, 0.3) is 0 Å². The van der Waals surface area contributed by atoms with Gasteiger partial charge in [0.05, 0.1) is 13.7 Å². The van der Waals surface area contributed by atoms with Crippen LogP contribution in [0, 0.1) is 18.1 Å². The van der Waals surface area contributed by atoms with E-state index >= 15 is 0 Å². The topological polar surface area (TPSA) is 38.9 Å². The SMILES string of the molecule is [2H]C(C)(C)c1ccnc(-c2[c-]ccc3c2oc2cc(-c4ccccc4)ccc23)c1.[2H]C([2H])(c1cc(-c2[c-]cccc2)ncc1[Si](C)(C)C)C(C)C.[Ir]. The van der Waals surface area contributed by atoms with Gasteiger partial charge in [-0.3, -0.25) is 0 Å². The number of benzene rings is 4. The number of aromatic nitrogens is 2. The van der Waals surface area contributed by atoms with Crippen molar-refractivity contribution < 1.29 is 28.6 Å². The van der Waals surface area contributed by atoms with E-state index in [4.69, 9.17) is 8.53 Å². The van der Waals surface area contributed by atoms with Gasteiger partial charge in [-0.1, -0.05) is 124 Å². The zero-order valence-corrected chi connectivity index (χ0v) is 32.6. The summed E-state index contributed by atoms with van der Waals surface area (Å²) in [5, 5.41) is 3.23. The normalized spacial score (nSPS) is 12.9. The minimum atomic E-state index is -1.67. The summed E-state index contributed by atoms with van der Waals surface area (Å²) in [6.45, 7) is 14.3. The Morgan fingerprint density at radius 3 is 2.24 bits per heavy atom. The van der Waals surface area contributed by atoms with Gasteiger partial charge in [0, 0.05) is 42.0 Å². The first-order valence-corrected chi connectivity index (χ1v) is 20.0. The molecule has 0 atom stereocenters. The van der Waals surface area contributed by atoms with Crippen molar-refractivity contribution in [1.82, 2.24) is 9.97 Å². The van der Waals surface area contributed by atoms with Gasteiger partial charge in [-0.25, -0.2) is 0 Å². The van der Waals surface area contributed by atoms with Gasteiger partial charge in [0.1, 0.15) is 5.58 Å². The second-order valence-electron chi connectivity index (χ2n) is 13.6. The Morgan fingerprint density at radius 2 is 1.55 bits per heavy atom. The Morgan fingerprint density at radius 1 is 0.776 bits per heavy atom. The van der Waals surface area contributed by atoms with Crippen molar-refractivity contribution in [1.29, 1.82) is 0 Å². The van der Waals surface area contributed by atoms with E-state index in [1.54, 1.807) is 6.20 Å². The van der Waals surface area contributed by atoms with E-state index < -0.39 is 20.3 Å². The molecule has 7 rings (SSSR count). The predicted molar refractivity (Wildman–Crippen MR) is 205 cm³/mol. The van der Waals surface area contributed by atoms with Crippen LogP contribution in [-0.4, -0.2) is 18.0 Å². The largest absolute Gasteiger partial charge is 0.501 e. The van der Waals surface area contributed by atoms with E-state index in [1.807, 2.05) is 107 Å². The molecule has 3 heterocycles. The molecule has 0 N–H and O–H groups in total. The summed E-state index contributed by atoms with van der Waals surface area (Å²) in [6.07, 6.45) is 2.28. The summed E-state index contributed by atoms with van der Waals surface area (Å²) in [6, 6.07) is 40.5. The van der Waals surface area contributed by atoms with E-state index in [0.717, 1.165) is 71.9 Å². The summed E-state index contributed by atoms with van der Waals surface area (Å²) in [7, 11) is -1.67. The van der Waals surface area contributed by atoms with Crippen LogP contribution < -0.4 is 5.19 Å². The summed E-state index contributed by atoms with van der Waals surface area (Å²) < 4.78 is 31.7. The van der Waals surface area contributed by atoms with Crippen LogP contribution in [0.5, 0.6) is 0 Å². The first-order chi connectivity index (χ1) is 24.1. The molecule has 3 nitrogen and oxygen atoms in total. The van der Waals surface area contributed by atoms with Gasteiger partial charge in [0.15, 0.2) is 0 Å². The van der Waals surface area contributed by atoms with Crippen molar-refractivity contribution in [3.63, 3.8) is 0 Å². The number of pyridine rings is 2. The number of furan rings is 1. The molecule has 0 unspecified atom stereocenters. The molecule has 0 bridgehead atoms. The molecule has 0 aliphatic heterocycles. The molecule has 0 amide bonds. The van der Waals surface area contributed by atoms with Crippen molar-refractivity contribution in [3.05, 3.63) is 139 Å². The Kier molecular flexibility index (Phi) is 10.2. The maximum absolute atomic E-state index is 8.55. The second-order valence-corrected chi connectivity index (χ2v) is 18.7. The van der Waals surface area contributed by atoms with Crippen molar-refractivity contribution in [2.24, 2.45) is 5.92 Å². The summed E-state index contributed by atoms with van der Waals surface area (Å²) in [4.78, 5) is 9.12. The number of hydrogen-bond donors (Lipinski definition) is 0. The Hall–Kier alpha value is -4.15. The molecule has 0 saturated carbocycles. The average molecular weight is 840 g/mol. The van der Waals surface area contributed by atoms with Crippen LogP contribution in [-0.2, 0) is 26.5 Å². The van der Waals surface area contributed by atoms with Crippen molar-refractivity contribution in [3.8, 4) is 33.6 Å². The first-order valence-electron chi connectivity index (χ1n) is 18.0. The summed E-state index contributed by atoms with van der Waals surface area (Å²) >= 11 is 0. The minimum absolute atomic E-state index is 0. The smallest absolute Gasteiger partial charge is 0.121 e. The maximum atomic E-state index is 8.55. The molecule has 49 heavy (non-hydrogen) atoms. The molecule has 4 aromatic carbocycles. The molecular formula is C44H44IrN2OSi-2. The van der Waals surface area contributed by atoms with Gasteiger partial charge in [0.2, 0.25) is 0 Å². The molecule has 1 radical (unpaired) electrons. The molecule has 7 aromatic rings. The number of hydrogen-bond acceptors (Lipinski definition) is 3. The molecule has 0 saturated heterocycles. The van der Waals surface area contributed by atoms with E-state index in [2.05, 4.69) is 72.1 Å². The van der Waals surface area contributed by atoms with Gasteiger partial charge >= 0.3 is 0 Å². The molecule has 251 valence electrons. The summed E-state index contributed by atoms with van der Waals surface area (Å²) in [5.41, 5.74) is 8.92. The van der Waals surface area contributed by atoms with E-state index in [9.17, 15) is 0 Å². The zero-order chi connectivity index (χ0) is 36.6. The van der Waals surface area contributed by atoms with Gasteiger partial charge in [-0.15, -0.1) is 54.1 Å². The third-order valence-corrected chi connectivity index (χ3v) is 10.3. The molecule has 3 aromatic heterocycles. The minimum Gasteiger partial charge on any atom is -0.501 e. The van der Waals surface area contributed by atoms with Gasteiger partial charge in [-0.2, -0.15) is 0 Å². The fourth-order valence-electron chi connectivity index (χ4n) is 5.80. The quantitative estimate of drug-likeness (QED) is 0.119. The summed E-state index contributed by atoms with van der Waals surface area (Å²) in [5.74, 6) is -0.776. The fourth-order valence-corrected chi connectivity index (χ4v) is 7.21. The zero-order valence-electron chi connectivity index (χ0n) is 32.2. The van der Waals surface area contributed by atoms with E-state index in [1.165, 1.54) is 0 Å². The molecule has 0 aliphatic carbocycles. The Bertz CT molecular complexity index is 2290. The van der Waals surface area contributed by atoms with Crippen LogP contribution >= 0.6 is 0 Å². The van der Waals surface area contributed by atoms with Crippen LogP contribution in [0.15, 0.2) is 120 Å². The third kappa shape index (κ3) is 8.36. The van der Waals surface area contributed by atoms with Crippen LogP contribution in [0.4, 0.5) is 0 Å². The molecule has 5 heteroatoms. The number of fused-ring (bicyclic) bond motifs is 3. The van der Waals surface area contributed by atoms with Gasteiger partial charge in [-0.05, 0) is 58.0 Å². The molecule has 0 aliphatic rings. The van der Waals surface area contributed by atoms with Crippen LogP contribution in [0.1, 0.15) is 48.8 Å². The Labute approximate surface area is 310 Å². The van der Waals surface area contributed by atoms with Crippen molar-refractivity contribution in [2.45, 2.75) is 59.6 Å². The number of rotatable bonds is 7. The van der Waals surface area contributed by atoms with Crippen LogP contribution in [0.3, 0.4) is 0 Å². The monoisotopic (exact) mass is 840 g/mol. The van der Waals surface area contributed by atoms with E-state index in [0.29, 0.717) is 0 Å². The molecule has 0 fully saturated rings. The van der Waals surface area contributed by atoms with Crippen molar-refractivity contribution in [2.75, 3.05) is 0 Å².